The van der Waals surface area contributed by atoms with Crippen molar-refractivity contribution in [2.75, 3.05) is 0 Å². The SMILES string of the molecule is O=C(O)n1c(O)cc(Cl)c1O. The van der Waals surface area contributed by atoms with Crippen LogP contribution < -0.4 is 0 Å². The van der Waals surface area contributed by atoms with E-state index in [4.69, 9.17) is 26.9 Å². The average Bonchev–Trinajstić information content (AvgIpc) is 2.07. The van der Waals surface area contributed by atoms with Gasteiger partial charge in [0.1, 0.15) is 5.02 Å². The number of aromatic nitrogens is 1. The molecule has 1 aromatic heterocycles. The fourth-order valence-electron chi connectivity index (χ4n) is 0.646. The molecule has 0 aliphatic rings. The molecule has 0 atom stereocenters. The number of aromatic hydroxyl groups is 2. The van der Waals surface area contributed by atoms with Crippen LogP contribution in [0.4, 0.5) is 4.79 Å². The minimum atomic E-state index is -1.49. The van der Waals surface area contributed by atoms with E-state index in [-0.39, 0.29) is 9.59 Å². The summed E-state index contributed by atoms with van der Waals surface area (Å²) in [5.74, 6) is -1.29. The second-order valence-corrected chi connectivity index (χ2v) is 2.20. The van der Waals surface area contributed by atoms with E-state index in [1.165, 1.54) is 0 Å². The third-order valence-electron chi connectivity index (χ3n) is 1.10. The highest BCUT2D eigenvalue weighted by Crippen LogP contribution is 2.30. The summed E-state index contributed by atoms with van der Waals surface area (Å²) in [5, 5.41) is 25.8. The normalized spacial score (nSPS) is 9.91. The van der Waals surface area contributed by atoms with E-state index in [0.717, 1.165) is 6.07 Å². The van der Waals surface area contributed by atoms with Crippen LogP contribution in [0.2, 0.25) is 5.02 Å². The first-order chi connectivity index (χ1) is 5.04. The molecule has 11 heavy (non-hydrogen) atoms. The topological polar surface area (TPSA) is 82.7 Å². The summed E-state index contributed by atoms with van der Waals surface area (Å²) >= 11 is 5.28. The predicted octanol–water partition coefficient (Wildman–Crippen LogP) is 1.08. The van der Waals surface area contributed by atoms with Crippen molar-refractivity contribution in [2.24, 2.45) is 0 Å². The largest absolute Gasteiger partial charge is 0.494 e. The lowest BCUT2D eigenvalue weighted by atomic mass is 10.6. The zero-order valence-corrected chi connectivity index (χ0v) is 5.91. The predicted molar refractivity (Wildman–Crippen MR) is 36.2 cm³/mol. The first-order valence-corrected chi connectivity index (χ1v) is 2.94. The molecule has 5 nitrogen and oxygen atoms in total. The van der Waals surface area contributed by atoms with E-state index in [2.05, 4.69) is 0 Å². The highest BCUT2D eigenvalue weighted by Gasteiger charge is 2.16. The van der Waals surface area contributed by atoms with Crippen LogP contribution in [-0.2, 0) is 0 Å². The van der Waals surface area contributed by atoms with E-state index >= 15 is 0 Å². The number of rotatable bonds is 0. The van der Waals surface area contributed by atoms with E-state index in [9.17, 15) is 4.79 Å². The van der Waals surface area contributed by atoms with Crippen LogP contribution in [0.15, 0.2) is 6.07 Å². The number of nitrogens with zero attached hydrogens (tertiary/aromatic N) is 1. The summed E-state index contributed by atoms with van der Waals surface area (Å²) in [6.45, 7) is 0. The molecule has 6 heteroatoms. The van der Waals surface area contributed by atoms with E-state index in [1.807, 2.05) is 0 Å². The Kier molecular flexibility index (Phi) is 1.66. The fourth-order valence-corrected chi connectivity index (χ4v) is 0.828. The van der Waals surface area contributed by atoms with Gasteiger partial charge in [-0.3, -0.25) is 0 Å². The van der Waals surface area contributed by atoms with Crippen molar-refractivity contribution in [2.45, 2.75) is 0 Å². The van der Waals surface area contributed by atoms with Gasteiger partial charge in [0.15, 0.2) is 0 Å². The summed E-state index contributed by atoms with van der Waals surface area (Å²) < 4.78 is 0.266. The van der Waals surface area contributed by atoms with Crippen LogP contribution in [0.3, 0.4) is 0 Å². The van der Waals surface area contributed by atoms with Crippen LogP contribution >= 0.6 is 11.6 Å². The van der Waals surface area contributed by atoms with Crippen LogP contribution in [-0.4, -0.2) is 26.0 Å². The Hall–Kier alpha value is -1.36. The minimum absolute atomic E-state index is 0.204. The maximum atomic E-state index is 10.2. The van der Waals surface area contributed by atoms with E-state index < -0.39 is 17.9 Å². The summed E-state index contributed by atoms with van der Waals surface area (Å²) in [4.78, 5) is 10.2. The van der Waals surface area contributed by atoms with Gasteiger partial charge in [-0.15, -0.1) is 0 Å². The van der Waals surface area contributed by atoms with Gasteiger partial charge in [0.2, 0.25) is 11.8 Å². The molecule has 0 amide bonds. The van der Waals surface area contributed by atoms with Crippen molar-refractivity contribution >= 4 is 17.7 Å². The van der Waals surface area contributed by atoms with Gasteiger partial charge >= 0.3 is 6.09 Å². The quantitative estimate of drug-likeness (QED) is 0.554. The Bertz CT molecular complexity index is 306. The van der Waals surface area contributed by atoms with Crippen molar-refractivity contribution < 1.29 is 20.1 Å². The van der Waals surface area contributed by atoms with Crippen LogP contribution in [0, 0.1) is 0 Å². The van der Waals surface area contributed by atoms with Gasteiger partial charge in [-0.25, -0.2) is 4.79 Å². The molecule has 0 spiro atoms. The fraction of sp³-hybridized carbons (Fsp3) is 0. The molecule has 0 radical (unpaired) electrons. The molecule has 0 aliphatic carbocycles. The molecule has 1 heterocycles. The van der Waals surface area contributed by atoms with Crippen LogP contribution in [0.25, 0.3) is 0 Å². The van der Waals surface area contributed by atoms with Crippen molar-refractivity contribution in [1.82, 2.24) is 4.57 Å². The third kappa shape index (κ3) is 1.10. The molecule has 1 rings (SSSR count). The van der Waals surface area contributed by atoms with Crippen molar-refractivity contribution in [3.8, 4) is 11.8 Å². The Balaban J connectivity index is 3.34. The van der Waals surface area contributed by atoms with Gasteiger partial charge < -0.3 is 15.3 Å². The highest BCUT2D eigenvalue weighted by atomic mass is 35.5. The molecule has 0 unspecified atom stereocenters. The number of hydrogen-bond acceptors (Lipinski definition) is 3. The maximum absolute atomic E-state index is 10.2. The van der Waals surface area contributed by atoms with Crippen LogP contribution in [0.1, 0.15) is 0 Å². The average molecular weight is 178 g/mol. The molecule has 0 saturated carbocycles. The molecule has 0 fully saturated rings. The lowest BCUT2D eigenvalue weighted by Crippen LogP contribution is -2.05. The van der Waals surface area contributed by atoms with Gasteiger partial charge in [-0.05, 0) is 0 Å². The first-order valence-electron chi connectivity index (χ1n) is 2.56. The highest BCUT2D eigenvalue weighted by molar-refractivity contribution is 6.32. The molecule has 3 N–H and O–H groups in total. The number of carboxylic acid groups (broad SMARTS) is 1. The molecular weight excluding hydrogens is 174 g/mol. The molecule has 60 valence electrons. The summed E-state index contributed by atoms with van der Waals surface area (Å²) in [6.07, 6.45) is -1.49. The lowest BCUT2D eigenvalue weighted by molar-refractivity contribution is 0.190. The molecule has 0 aromatic carbocycles. The summed E-state index contributed by atoms with van der Waals surface area (Å²) in [7, 11) is 0. The van der Waals surface area contributed by atoms with Gasteiger partial charge in [0.25, 0.3) is 0 Å². The van der Waals surface area contributed by atoms with Gasteiger partial charge in [0, 0.05) is 6.07 Å². The molecule has 1 aromatic rings. The summed E-state index contributed by atoms with van der Waals surface area (Å²) in [5.41, 5.74) is 0. The molecule has 0 aliphatic heterocycles. The summed E-state index contributed by atoms with van der Waals surface area (Å²) in [6, 6.07) is 0.936. The Morgan fingerprint density at radius 1 is 1.55 bits per heavy atom. The van der Waals surface area contributed by atoms with Crippen molar-refractivity contribution in [3.05, 3.63) is 11.1 Å². The van der Waals surface area contributed by atoms with Crippen molar-refractivity contribution in [1.29, 1.82) is 0 Å². The van der Waals surface area contributed by atoms with E-state index in [0.29, 0.717) is 0 Å². The minimum Gasteiger partial charge on any atom is -0.494 e. The van der Waals surface area contributed by atoms with Crippen molar-refractivity contribution in [3.63, 3.8) is 0 Å². The zero-order valence-electron chi connectivity index (χ0n) is 5.15. The van der Waals surface area contributed by atoms with Gasteiger partial charge in [-0.2, -0.15) is 4.57 Å². The lowest BCUT2D eigenvalue weighted by Gasteiger charge is -1.96. The number of halogens is 1. The van der Waals surface area contributed by atoms with E-state index in [1.54, 1.807) is 0 Å². The second-order valence-electron chi connectivity index (χ2n) is 1.79. The van der Waals surface area contributed by atoms with Crippen LogP contribution in [0.5, 0.6) is 11.8 Å². The standard InChI is InChI=1S/C5H4ClNO4/c6-2-1-3(8)7(4(2)9)5(10)11/h1,8-9H,(H,10,11). The molecule has 0 bridgehead atoms. The molecule has 0 saturated heterocycles. The van der Waals surface area contributed by atoms with Gasteiger partial charge in [0.05, 0.1) is 0 Å². The number of carbonyl (C=O) groups is 1. The smallest absolute Gasteiger partial charge is 0.421 e. The van der Waals surface area contributed by atoms with Gasteiger partial charge in [-0.1, -0.05) is 11.6 Å². The molecular formula is C5H4ClNO4. The monoisotopic (exact) mass is 177 g/mol. The zero-order chi connectivity index (χ0) is 8.59. The number of hydrogen-bond donors (Lipinski definition) is 3. The first kappa shape index (κ1) is 7.74. The Morgan fingerprint density at radius 3 is 2.27 bits per heavy atom. The third-order valence-corrected chi connectivity index (χ3v) is 1.38. The Morgan fingerprint density at radius 2 is 2.09 bits per heavy atom. The second kappa shape index (κ2) is 2.35. The Labute approximate surface area is 66.1 Å². The maximum Gasteiger partial charge on any atom is 0.421 e.